The van der Waals surface area contributed by atoms with Crippen LogP contribution in [0.5, 0.6) is 5.75 Å². The first-order valence-electron chi connectivity index (χ1n) is 4.91. The second-order valence-electron chi connectivity index (χ2n) is 4.33. The Hall–Kier alpha value is -1.31. The zero-order valence-electron chi connectivity index (χ0n) is 8.29. The number of hydrogen-bond donors (Lipinski definition) is 1. The second kappa shape index (κ2) is 3.12. The number of benzene rings is 1. The van der Waals surface area contributed by atoms with Crippen molar-refractivity contribution < 1.29 is 9.90 Å². The standard InChI is InChI=1S/C12H14O2/c1-12(5-6-12)11(14)8-9-3-2-4-10(13)7-9/h2-4,7,13H,5-6,8H2,1H3. The first-order valence-corrected chi connectivity index (χ1v) is 4.91. The summed E-state index contributed by atoms with van der Waals surface area (Å²) in [6, 6.07) is 6.92. The summed E-state index contributed by atoms with van der Waals surface area (Å²) in [6.07, 6.45) is 2.49. The summed E-state index contributed by atoms with van der Waals surface area (Å²) in [7, 11) is 0. The second-order valence-corrected chi connectivity index (χ2v) is 4.33. The lowest BCUT2D eigenvalue weighted by Gasteiger charge is -2.06. The van der Waals surface area contributed by atoms with Gasteiger partial charge in [0.15, 0.2) is 0 Å². The fraction of sp³-hybridized carbons (Fsp3) is 0.417. The van der Waals surface area contributed by atoms with Crippen LogP contribution in [0, 0.1) is 5.41 Å². The van der Waals surface area contributed by atoms with Crippen LogP contribution in [-0.2, 0) is 11.2 Å². The van der Waals surface area contributed by atoms with Gasteiger partial charge in [-0.05, 0) is 30.5 Å². The molecule has 14 heavy (non-hydrogen) atoms. The number of hydrogen-bond acceptors (Lipinski definition) is 2. The summed E-state index contributed by atoms with van der Waals surface area (Å²) >= 11 is 0. The average molecular weight is 190 g/mol. The highest BCUT2D eigenvalue weighted by molar-refractivity contribution is 5.88. The Kier molecular flexibility index (Phi) is 2.06. The number of aromatic hydroxyl groups is 1. The van der Waals surface area contributed by atoms with E-state index < -0.39 is 0 Å². The Morgan fingerprint density at radius 3 is 2.79 bits per heavy atom. The minimum Gasteiger partial charge on any atom is -0.508 e. The fourth-order valence-electron chi connectivity index (χ4n) is 1.53. The maximum absolute atomic E-state index is 11.7. The number of ketones is 1. The fourth-order valence-corrected chi connectivity index (χ4v) is 1.53. The van der Waals surface area contributed by atoms with Crippen molar-refractivity contribution in [1.29, 1.82) is 0 Å². The van der Waals surface area contributed by atoms with Crippen LogP contribution >= 0.6 is 0 Å². The molecule has 1 aromatic rings. The molecule has 0 radical (unpaired) electrons. The topological polar surface area (TPSA) is 37.3 Å². The number of phenols is 1. The van der Waals surface area contributed by atoms with E-state index in [0.717, 1.165) is 18.4 Å². The molecule has 2 heteroatoms. The van der Waals surface area contributed by atoms with Gasteiger partial charge in [-0.2, -0.15) is 0 Å². The summed E-state index contributed by atoms with van der Waals surface area (Å²) in [5, 5.41) is 9.23. The number of carbonyl (C=O) groups excluding carboxylic acids is 1. The van der Waals surface area contributed by atoms with E-state index in [1.165, 1.54) is 0 Å². The number of rotatable bonds is 3. The quantitative estimate of drug-likeness (QED) is 0.794. The van der Waals surface area contributed by atoms with Gasteiger partial charge in [0.2, 0.25) is 0 Å². The molecule has 0 atom stereocenters. The minimum atomic E-state index is -0.0640. The van der Waals surface area contributed by atoms with Gasteiger partial charge in [-0.1, -0.05) is 19.1 Å². The molecule has 0 heterocycles. The van der Waals surface area contributed by atoms with Crippen LogP contribution in [0.3, 0.4) is 0 Å². The zero-order chi connectivity index (χ0) is 10.2. The Balaban J connectivity index is 2.07. The van der Waals surface area contributed by atoms with E-state index in [4.69, 9.17) is 0 Å². The summed E-state index contributed by atoms with van der Waals surface area (Å²) in [6.45, 7) is 2.01. The maximum Gasteiger partial charge on any atom is 0.143 e. The lowest BCUT2D eigenvalue weighted by Crippen LogP contribution is -2.14. The van der Waals surface area contributed by atoms with E-state index in [2.05, 4.69) is 0 Å². The van der Waals surface area contributed by atoms with Gasteiger partial charge < -0.3 is 5.11 Å². The van der Waals surface area contributed by atoms with Crippen LogP contribution < -0.4 is 0 Å². The number of Topliss-reactive ketones (excluding diaryl/α,β-unsaturated/α-hetero) is 1. The third-order valence-corrected chi connectivity index (χ3v) is 2.95. The van der Waals surface area contributed by atoms with Crippen molar-refractivity contribution in [2.45, 2.75) is 26.2 Å². The number of phenolic OH excluding ortho intramolecular Hbond substituents is 1. The van der Waals surface area contributed by atoms with Crippen LogP contribution in [0.2, 0.25) is 0 Å². The van der Waals surface area contributed by atoms with Crippen molar-refractivity contribution in [2.75, 3.05) is 0 Å². The van der Waals surface area contributed by atoms with Gasteiger partial charge in [0.25, 0.3) is 0 Å². The summed E-state index contributed by atoms with van der Waals surface area (Å²) in [5.74, 6) is 0.527. The van der Waals surface area contributed by atoms with Crippen molar-refractivity contribution in [1.82, 2.24) is 0 Å². The Morgan fingerprint density at radius 1 is 1.50 bits per heavy atom. The van der Waals surface area contributed by atoms with Gasteiger partial charge in [0, 0.05) is 11.8 Å². The minimum absolute atomic E-state index is 0.0640. The van der Waals surface area contributed by atoms with Crippen molar-refractivity contribution >= 4 is 5.78 Å². The zero-order valence-corrected chi connectivity index (χ0v) is 8.29. The van der Waals surface area contributed by atoms with Crippen LogP contribution in [-0.4, -0.2) is 10.9 Å². The first kappa shape index (κ1) is 9.25. The van der Waals surface area contributed by atoms with Gasteiger partial charge in [0.1, 0.15) is 11.5 Å². The Labute approximate surface area is 83.6 Å². The highest BCUT2D eigenvalue weighted by Crippen LogP contribution is 2.46. The molecule has 0 spiro atoms. The molecule has 1 saturated carbocycles. The molecule has 74 valence electrons. The van der Waals surface area contributed by atoms with E-state index >= 15 is 0 Å². The van der Waals surface area contributed by atoms with Gasteiger partial charge in [0.05, 0.1) is 0 Å². The SMILES string of the molecule is CC1(C(=O)Cc2cccc(O)c2)CC1. The summed E-state index contributed by atoms with van der Waals surface area (Å²) < 4.78 is 0. The van der Waals surface area contributed by atoms with E-state index in [0.29, 0.717) is 12.2 Å². The predicted octanol–water partition coefficient (Wildman–Crippen LogP) is 2.30. The van der Waals surface area contributed by atoms with Crippen LogP contribution in [0.15, 0.2) is 24.3 Å². The molecular formula is C12H14O2. The molecule has 0 bridgehead atoms. The lowest BCUT2D eigenvalue weighted by molar-refractivity contribution is -0.122. The van der Waals surface area contributed by atoms with Crippen LogP contribution in [0.4, 0.5) is 0 Å². The molecule has 1 N–H and O–H groups in total. The number of carbonyl (C=O) groups is 1. The molecule has 2 rings (SSSR count). The highest BCUT2D eigenvalue weighted by atomic mass is 16.3. The van der Waals surface area contributed by atoms with Crippen LogP contribution in [0.1, 0.15) is 25.3 Å². The Morgan fingerprint density at radius 2 is 2.21 bits per heavy atom. The van der Waals surface area contributed by atoms with Gasteiger partial charge in [-0.15, -0.1) is 0 Å². The van der Waals surface area contributed by atoms with E-state index in [1.807, 2.05) is 13.0 Å². The molecule has 1 fully saturated rings. The molecule has 1 aliphatic rings. The molecule has 0 unspecified atom stereocenters. The normalized spacial score (nSPS) is 17.8. The summed E-state index contributed by atoms with van der Waals surface area (Å²) in [4.78, 5) is 11.7. The molecule has 0 aliphatic heterocycles. The van der Waals surface area contributed by atoms with Crippen molar-refractivity contribution in [3.8, 4) is 5.75 Å². The predicted molar refractivity (Wildman–Crippen MR) is 54.2 cm³/mol. The largest absolute Gasteiger partial charge is 0.508 e. The van der Waals surface area contributed by atoms with Crippen molar-refractivity contribution in [3.63, 3.8) is 0 Å². The average Bonchev–Trinajstić information content (AvgIpc) is 2.85. The van der Waals surface area contributed by atoms with E-state index in [-0.39, 0.29) is 11.2 Å². The third-order valence-electron chi connectivity index (χ3n) is 2.95. The lowest BCUT2D eigenvalue weighted by atomic mass is 9.97. The van der Waals surface area contributed by atoms with Crippen molar-refractivity contribution in [2.24, 2.45) is 5.41 Å². The van der Waals surface area contributed by atoms with Gasteiger partial charge in [-0.3, -0.25) is 4.79 Å². The highest BCUT2D eigenvalue weighted by Gasteiger charge is 2.43. The smallest absolute Gasteiger partial charge is 0.143 e. The van der Waals surface area contributed by atoms with E-state index in [1.54, 1.807) is 18.2 Å². The molecule has 1 aromatic carbocycles. The molecule has 1 aliphatic carbocycles. The molecule has 0 saturated heterocycles. The molecule has 2 nitrogen and oxygen atoms in total. The molecule has 0 aromatic heterocycles. The first-order chi connectivity index (χ1) is 6.60. The van der Waals surface area contributed by atoms with E-state index in [9.17, 15) is 9.90 Å². The maximum atomic E-state index is 11.7. The third kappa shape index (κ3) is 1.79. The monoisotopic (exact) mass is 190 g/mol. The molecule has 0 amide bonds. The van der Waals surface area contributed by atoms with Crippen molar-refractivity contribution in [3.05, 3.63) is 29.8 Å². The van der Waals surface area contributed by atoms with Gasteiger partial charge in [-0.25, -0.2) is 0 Å². The summed E-state index contributed by atoms with van der Waals surface area (Å²) in [5.41, 5.74) is 0.842. The van der Waals surface area contributed by atoms with Gasteiger partial charge >= 0.3 is 0 Å². The Bertz CT molecular complexity index is 364. The molecular weight excluding hydrogens is 176 g/mol. The van der Waals surface area contributed by atoms with Crippen LogP contribution in [0.25, 0.3) is 0 Å².